The van der Waals surface area contributed by atoms with Crippen molar-refractivity contribution in [3.05, 3.63) is 29.3 Å². The van der Waals surface area contributed by atoms with Crippen LogP contribution in [0.3, 0.4) is 0 Å². The standard InChI is InChI=1S/C18H23ClN2O2/c1-2-3-4-5-8-15-23-18(22)21-13-11-20(12-14-21)17-10-7-6-9-16(17)19/h6-7,9-10H,2-3,8,11-15H2,1H3. The Morgan fingerprint density at radius 3 is 2.57 bits per heavy atom. The van der Waals surface area contributed by atoms with Gasteiger partial charge in [-0.2, -0.15) is 0 Å². The molecular formula is C18H23ClN2O2. The molecule has 0 saturated carbocycles. The number of rotatable bonds is 4. The molecule has 1 amide bonds. The first-order chi connectivity index (χ1) is 11.2. The fraction of sp³-hybridized carbons (Fsp3) is 0.500. The van der Waals surface area contributed by atoms with Gasteiger partial charge in [0.15, 0.2) is 0 Å². The highest BCUT2D eigenvalue weighted by atomic mass is 35.5. The van der Waals surface area contributed by atoms with Gasteiger partial charge in [-0.05, 0) is 18.6 Å². The number of benzene rings is 1. The Morgan fingerprint density at radius 1 is 1.17 bits per heavy atom. The number of unbranched alkanes of at least 4 members (excludes halogenated alkanes) is 1. The van der Waals surface area contributed by atoms with Gasteiger partial charge in [0.1, 0.15) is 6.61 Å². The molecule has 1 fully saturated rings. The minimum absolute atomic E-state index is 0.249. The lowest BCUT2D eigenvalue weighted by atomic mass is 10.2. The first-order valence-electron chi connectivity index (χ1n) is 8.09. The van der Waals surface area contributed by atoms with E-state index in [1.54, 1.807) is 4.90 Å². The van der Waals surface area contributed by atoms with Crippen molar-refractivity contribution >= 4 is 23.4 Å². The SMILES string of the molecule is CCCC#CCCOC(=O)N1CCN(c2ccccc2Cl)CC1. The maximum atomic E-state index is 12.0. The van der Waals surface area contributed by atoms with Crippen LogP contribution in [0.1, 0.15) is 26.2 Å². The number of anilines is 1. The Hall–Kier alpha value is -1.86. The summed E-state index contributed by atoms with van der Waals surface area (Å²) in [6.45, 7) is 5.26. The van der Waals surface area contributed by atoms with Crippen molar-refractivity contribution in [2.24, 2.45) is 0 Å². The molecule has 0 N–H and O–H groups in total. The van der Waals surface area contributed by atoms with Crippen LogP contribution in [-0.4, -0.2) is 43.8 Å². The summed E-state index contributed by atoms with van der Waals surface area (Å²) in [5, 5.41) is 0.745. The fourth-order valence-electron chi connectivity index (χ4n) is 2.42. The van der Waals surface area contributed by atoms with Crippen LogP contribution < -0.4 is 4.90 Å². The summed E-state index contributed by atoms with van der Waals surface area (Å²) in [6.07, 6.45) is 2.31. The van der Waals surface area contributed by atoms with Crippen molar-refractivity contribution in [1.29, 1.82) is 0 Å². The number of para-hydroxylation sites is 1. The van der Waals surface area contributed by atoms with Gasteiger partial charge in [0, 0.05) is 39.0 Å². The van der Waals surface area contributed by atoms with Crippen LogP contribution in [0.15, 0.2) is 24.3 Å². The van der Waals surface area contributed by atoms with E-state index < -0.39 is 0 Å². The number of hydrogen-bond donors (Lipinski definition) is 0. The molecule has 0 bridgehead atoms. The van der Waals surface area contributed by atoms with Gasteiger partial charge in [0.2, 0.25) is 0 Å². The van der Waals surface area contributed by atoms with Crippen molar-refractivity contribution in [1.82, 2.24) is 4.90 Å². The van der Waals surface area contributed by atoms with Gasteiger partial charge in [-0.3, -0.25) is 0 Å². The van der Waals surface area contributed by atoms with Crippen molar-refractivity contribution in [3.63, 3.8) is 0 Å². The monoisotopic (exact) mass is 334 g/mol. The minimum Gasteiger partial charge on any atom is -0.448 e. The zero-order valence-corrected chi connectivity index (χ0v) is 14.3. The van der Waals surface area contributed by atoms with E-state index in [2.05, 4.69) is 23.7 Å². The lowest BCUT2D eigenvalue weighted by molar-refractivity contribution is 0.102. The highest BCUT2D eigenvalue weighted by Gasteiger charge is 2.23. The van der Waals surface area contributed by atoms with Gasteiger partial charge in [0.25, 0.3) is 0 Å². The van der Waals surface area contributed by atoms with Crippen molar-refractivity contribution in [2.45, 2.75) is 26.2 Å². The average molecular weight is 335 g/mol. The smallest absolute Gasteiger partial charge is 0.409 e. The van der Waals surface area contributed by atoms with E-state index in [-0.39, 0.29) is 6.09 Å². The van der Waals surface area contributed by atoms with E-state index in [1.807, 2.05) is 24.3 Å². The molecule has 23 heavy (non-hydrogen) atoms. The maximum Gasteiger partial charge on any atom is 0.409 e. The Morgan fingerprint density at radius 2 is 1.87 bits per heavy atom. The molecule has 0 aliphatic carbocycles. The minimum atomic E-state index is -0.249. The Bertz CT molecular complexity index is 572. The molecule has 4 nitrogen and oxygen atoms in total. The summed E-state index contributed by atoms with van der Waals surface area (Å²) in [5.41, 5.74) is 1.02. The summed E-state index contributed by atoms with van der Waals surface area (Å²) in [4.78, 5) is 15.9. The van der Waals surface area contributed by atoms with Gasteiger partial charge in [-0.1, -0.05) is 36.6 Å². The molecule has 5 heteroatoms. The molecule has 1 heterocycles. The predicted octanol–water partition coefficient (Wildman–Crippen LogP) is 3.79. The second-order valence-corrected chi connectivity index (χ2v) is 5.80. The van der Waals surface area contributed by atoms with Crippen LogP contribution in [0.4, 0.5) is 10.5 Å². The number of hydrogen-bond acceptors (Lipinski definition) is 3. The molecular weight excluding hydrogens is 312 g/mol. The molecule has 0 unspecified atom stereocenters. The van der Waals surface area contributed by atoms with Crippen LogP contribution in [0.2, 0.25) is 5.02 Å². The highest BCUT2D eigenvalue weighted by molar-refractivity contribution is 6.33. The number of halogens is 1. The third-order valence-electron chi connectivity index (χ3n) is 3.68. The van der Waals surface area contributed by atoms with Gasteiger partial charge in [-0.25, -0.2) is 4.79 Å². The third-order valence-corrected chi connectivity index (χ3v) is 4.00. The number of carbonyl (C=O) groups is 1. The molecule has 2 rings (SSSR count). The van der Waals surface area contributed by atoms with Crippen LogP contribution >= 0.6 is 11.6 Å². The summed E-state index contributed by atoms with van der Waals surface area (Å²) >= 11 is 6.22. The summed E-state index contributed by atoms with van der Waals surface area (Å²) < 4.78 is 5.27. The molecule has 1 aromatic rings. The molecule has 124 valence electrons. The van der Waals surface area contributed by atoms with Crippen molar-refractivity contribution in [3.8, 4) is 11.8 Å². The highest BCUT2D eigenvalue weighted by Crippen LogP contribution is 2.26. The number of nitrogens with zero attached hydrogens (tertiary/aromatic N) is 2. The van der Waals surface area contributed by atoms with E-state index in [9.17, 15) is 4.79 Å². The number of piperazine rings is 1. The van der Waals surface area contributed by atoms with Crippen molar-refractivity contribution < 1.29 is 9.53 Å². The number of carbonyl (C=O) groups excluding carboxylic acids is 1. The fourth-order valence-corrected chi connectivity index (χ4v) is 2.68. The second kappa shape index (κ2) is 9.32. The summed E-state index contributed by atoms with van der Waals surface area (Å²) in [7, 11) is 0. The second-order valence-electron chi connectivity index (χ2n) is 5.39. The molecule has 0 atom stereocenters. The lowest BCUT2D eigenvalue weighted by Crippen LogP contribution is -2.49. The largest absolute Gasteiger partial charge is 0.448 e. The molecule has 0 aromatic heterocycles. The summed E-state index contributed by atoms with van der Waals surface area (Å²) in [5.74, 6) is 6.05. The average Bonchev–Trinajstić information content (AvgIpc) is 2.58. The Balaban J connectivity index is 1.73. The molecule has 1 aliphatic rings. The molecule has 0 spiro atoms. The number of ether oxygens (including phenoxy) is 1. The number of amides is 1. The molecule has 0 radical (unpaired) electrons. The lowest BCUT2D eigenvalue weighted by Gasteiger charge is -2.35. The third kappa shape index (κ3) is 5.37. The van der Waals surface area contributed by atoms with Crippen molar-refractivity contribution in [2.75, 3.05) is 37.7 Å². The first kappa shape index (κ1) is 17.5. The van der Waals surface area contributed by atoms with E-state index in [0.29, 0.717) is 26.1 Å². The molecule has 1 aliphatic heterocycles. The van der Waals surface area contributed by atoms with Crippen LogP contribution in [-0.2, 0) is 4.74 Å². The van der Waals surface area contributed by atoms with Crippen LogP contribution in [0.25, 0.3) is 0 Å². The first-order valence-corrected chi connectivity index (χ1v) is 8.47. The van der Waals surface area contributed by atoms with E-state index >= 15 is 0 Å². The molecule has 1 saturated heterocycles. The van der Waals surface area contributed by atoms with Gasteiger partial charge >= 0.3 is 6.09 Å². The topological polar surface area (TPSA) is 32.8 Å². The Kier molecular flexibility index (Phi) is 7.09. The van der Waals surface area contributed by atoms with Gasteiger partial charge < -0.3 is 14.5 Å². The molecule has 1 aromatic carbocycles. The zero-order valence-electron chi connectivity index (χ0n) is 13.6. The maximum absolute atomic E-state index is 12.0. The Labute approximate surface area is 143 Å². The zero-order chi connectivity index (χ0) is 16.5. The van der Waals surface area contributed by atoms with Gasteiger partial charge in [-0.15, -0.1) is 5.92 Å². The van der Waals surface area contributed by atoms with Gasteiger partial charge in [0.05, 0.1) is 10.7 Å². The normalized spacial score (nSPS) is 14.2. The van der Waals surface area contributed by atoms with Crippen LogP contribution in [0, 0.1) is 11.8 Å². The van der Waals surface area contributed by atoms with Crippen LogP contribution in [0.5, 0.6) is 0 Å². The predicted molar refractivity (Wildman–Crippen MR) is 93.9 cm³/mol. The summed E-state index contributed by atoms with van der Waals surface area (Å²) in [6, 6.07) is 7.78. The van der Waals surface area contributed by atoms with E-state index in [4.69, 9.17) is 16.3 Å². The quantitative estimate of drug-likeness (QED) is 0.620. The van der Waals surface area contributed by atoms with E-state index in [1.165, 1.54) is 0 Å². The van der Waals surface area contributed by atoms with E-state index in [0.717, 1.165) is 36.6 Å².